The van der Waals surface area contributed by atoms with Crippen molar-refractivity contribution in [1.82, 2.24) is 14.8 Å². The summed E-state index contributed by atoms with van der Waals surface area (Å²) < 4.78 is 6.73. The predicted octanol–water partition coefficient (Wildman–Crippen LogP) is 2.06. The van der Waals surface area contributed by atoms with E-state index in [1.807, 2.05) is 31.2 Å². The van der Waals surface area contributed by atoms with Gasteiger partial charge in [-0.25, -0.2) is 4.68 Å². The van der Waals surface area contributed by atoms with Crippen molar-refractivity contribution in [2.45, 2.75) is 6.92 Å². The highest BCUT2D eigenvalue weighted by Crippen LogP contribution is 2.27. The number of aromatic nitrogens is 3. The maximum atomic E-state index is 12.5. The van der Waals surface area contributed by atoms with Crippen molar-refractivity contribution >= 4 is 27.6 Å². The third-order valence-corrected chi connectivity index (χ3v) is 4.36. The first-order chi connectivity index (χ1) is 12.0. The Morgan fingerprint density at radius 3 is 2.60 bits per heavy atom. The average molecular weight is 336 g/mol. The highest BCUT2D eigenvalue weighted by molar-refractivity contribution is 6.07. The Morgan fingerprint density at radius 2 is 1.88 bits per heavy atom. The van der Waals surface area contributed by atoms with Gasteiger partial charge in [0.15, 0.2) is 5.43 Å². The smallest absolute Gasteiger partial charge is 0.261 e. The molecule has 0 fully saturated rings. The van der Waals surface area contributed by atoms with Gasteiger partial charge in [-0.3, -0.25) is 14.7 Å². The molecule has 0 saturated carbocycles. The molecule has 7 nitrogen and oxygen atoms in total. The number of benzene rings is 2. The standard InChI is InChI=1S/C18H16N4O3/c1-9-5-3-4-6-12(9)22-17(19)15-16(21-22)14-11(20-18(15)24)7-10(25-2)8-13(14)23/h3-8,21H,19H2,1-2H3,(H,20,24). The number of pyridine rings is 1. The highest BCUT2D eigenvalue weighted by Gasteiger charge is 2.18. The fourth-order valence-corrected chi connectivity index (χ4v) is 3.13. The van der Waals surface area contributed by atoms with Gasteiger partial charge in [0.05, 0.1) is 29.2 Å². The normalized spacial score (nSPS) is 11.3. The van der Waals surface area contributed by atoms with Crippen LogP contribution in [0.2, 0.25) is 0 Å². The molecule has 2 aromatic carbocycles. The second kappa shape index (κ2) is 5.27. The Hall–Kier alpha value is -3.48. The van der Waals surface area contributed by atoms with Crippen molar-refractivity contribution in [2.24, 2.45) is 0 Å². The van der Waals surface area contributed by atoms with Crippen LogP contribution in [0.15, 0.2) is 46.0 Å². The van der Waals surface area contributed by atoms with Crippen molar-refractivity contribution < 1.29 is 4.74 Å². The molecule has 0 aliphatic rings. The third kappa shape index (κ3) is 2.13. The number of aromatic amines is 2. The maximum absolute atomic E-state index is 12.5. The zero-order valence-electron chi connectivity index (χ0n) is 13.7. The first kappa shape index (κ1) is 15.1. The van der Waals surface area contributed by atoms with Gasteiger partial charge in [0.2, 0.25) is 0 Å². The average Bonchev–Trinajstić information content (AvgIpc) is 2.92. The zero-order valence-corrected chi connectivity index (χ0v) is 13.7. The molecule has 126 valence electrons. The number of anilines is 1. The summed E-state index contributed by atoms with van der Waals surface area (Å²) in [7, 11) is 1.47. The van der Waals surface area contributed by atoms with Crippen molar-refractivity contribution in [3.05, 3.63) is 62.5 Å². The van der Waals surface area contributed by atoms with Crippen molar-refractivity contribution in [2.75, 3.05) is 12.8 Å². The number of ether oxygens (including phenoxy) is 1. The molecule has 4 N–H and O–H groups in total. The van der Waals surface area contributed by atoms with Crippen LogP contribution in [0.5, 0.6) is 5.75 Å². The lowest BCUT2D eigenvalue weighted by molar-refractivity contribution is 0.415. The molecule has 0 radical (unpaired) electrons. The molecule has 0 bridgehead atoms. The number of para-hydroxylation sites is 1. The minimum absolute atomic E-state index is 0.252. The number of nitrogens with one attached hydrogen (secondary N) is 2. The topological polar surface area (TPSA) is 106 Å². The third-order valence-electron chi connectivity index (χ3n) is 4.36. The van der Waals surface area contributed by atoms with Gasteiger partial charge in [-0.1, -0.05) is 18.2 Å². The van der Waals surface area contributed by atoms with Crippen LogP contribution in [-0.4, -0.2) is 21.9 Å². The summed E-state index contributed by atoms with van der Waals surface area (Å²) in [5.74, 6) is 0.640. The van der Waals surface area contributed by atoms with Crippen LogP contribution >= 0.6 is 0 Å². The van der Waals surface area contributed by atoms with E-state index in [2.05, 4.69) is 10.1 Å². The number of aryl methyl sites for hydroxylation is 1. The van der Waals surface area contributed by atoms with Gasteiger partial charge in [0, 0.05) is 12.1 Å². The van der Waals surface area contributed by atoms with E-state index in [-0.39, 0.29) is 22.2 Å². The van der Waals surface area contributed by atoms with Crippen LogP contribution in [0.25, 0.3) is 27.5 Å². The van der Waals surface area contributed by atoms with Gasteiger partial charge in [-0.2, -0.15) is 0 Å². The summed E-state index contributed by atoms with van der Waals surface area (Å²) in [6.07, 6.45) is 0. The molecular weight excluding hydrogens is 320 g/mol. The summed E-state index contributed by atoms with van der Waals surface area (Å²) in [6.45, 7) is 1.94. The quantitative estimate of drug-likeness (QED) is 0.521. The summed E-state index contributed by atoms with van der Waals surface area (Å²) in [5, 5.41) is 3.75. The van der Waals surface area contributed by atoms with Crippen molar-refractivity contribution in [3.63, 3.8) is 0 Å². The number of rotatable bonds is 2. The molecule has 4 aromatic rings. The van der Waals surface area contributed by atoms with E-state index in [0.29, 0.717) is 22.2 Å². The Morgan fingerprint density at radius 1 is 1.12 bits per heavy atom. The van der Waals surface area contributed by atoms with Gasteiger partial charge in [-0.05, 0) is 18.6 Å². The number of nitrogens with zero attached hydrogens (tertiary/aromatic N) is 1. The summed E-state index contributed by atoms with van der Waals surface area (Å²) >= 11 is 0. The number of nitrogen functional groups attached to an aromatic ring is 1. The lowest BCUT2D eigenvalue weighted by atomic mass is 10.1. The number of H-pyrrole nitrogens is 2. The number of fused-ring (bicyclic) bond motifs is 3. The predicted molar refractivity (Wildman–Crippen MR) is 97.7 cm³/mol. The molecular formula is C18H16N4O3. The number of methoxy groups -OCH3 is 1. The van der Waals surface area contributed by atoms with E-state index in [1.165, 1.54) is 13.2 Å². The van der Waals surface area contributed by atoms with Gasteiger partial charge < -0.3 is 15.5 Å². The van der Waals surface area contributed by atoms with Crippen LogP contribution < -0.4 is 21.5 Å². The molecule has 0 spiro atoms. The van der Waals surface area contributed by atoms with E-state index in [4.69, 9.17) is 10.5 Å². The Kier molecular flexibility index (Phi) is 3.18. The Labute approximate surface area is 141 Å². The van der Waals surface area contributed by atoms with Gasteiger partial charge in [0.1, 0.15) is 17.0 Å². The number of hydrogen-bond donors (Lipinski definition) is 3. The molecule has 0 unspecified atom stereocenters. The highest BCUT2D eigenvalue weighted by atomic mass is 16.5. The van der Waals surface area contributed by atoms with Crippen LogP contribution in [0.3, 0.4) is 0 Å². The minimum atomic E-state index is -0.365. The molecule has 0 amide bonds. The van der Waals surface area contributed by atoms with Gasteiger partial charge in [0.25, 0.3) is 5.56 Å². The summed E-state index contributed by atoms with van der Waals surface area (Å²) in [6, 6.07) is 10.6. The van der Waals surface area contributed by atoms with Crippen LogP contribution in [0, 0.1) is 6.92 Å². The van der Waals surface area contributed by atoms with Crippen LogP contribution in [0.4, 0.5) is 5.82 Å². The van der Waals surface area contributed by atoms with E-state index in [0.717, 1.165) is 11.3 Å². The second-order valence-electron chi connectivity index (χ2n) is 5.87. The lowest BCUT2D eigenvalue weighted by Crippen LogP contribution is -2.11. The van der Waals surface area contributed by atoms with Crippen LogP contribution in [-0.2, 0) is 0 Å². The molecule has 0 aliphatic heterocycles. The molecule has 2 heterocycles. The maximum Gasteiger partial charge on any atom is 0.261 e. The van der Waals surface area contributed by atoms with E-state index in [9.17, 15) is 9.59 Å². The molecule has 25 heavy (non-hydrogen) atoms. The van der Waals surface area contributed by atoms with Crippen molar-refractivity contribution in [3.8, 4) is 11.4 Å². The molecule has 0 atom stereocenters. The first-order valence-corrected chi connectivity index (χ1v) is 7.71. The molecule has 7 heteroatoms. The summed E-state index contributed by atoms with van der Waals surface area (Å²) in [4.78, 5) is 27.8. The molecule has 0 saturated heterocycles. The Balaban J connectivity index is 2.18. The molecule has 4 rings (SSSR count). The minimum Gasteiger partial charge on any atom is -0.497 e. The largest absolute Gasteiger partial charge is 0.497 e. The Bertz CT molecular complexity index is 1250. The number of nitrogens with two attached hydrogens (primary N) is 1. The first-order valence-electron chi connectivity index (χ1n) is 7.71. The second-order valence-corrected chi connectivity index (χ2v) is 5.87. The molecule has 0 aliphatic carbocycles. The zero-order chi connectivity index (χ0) is 17.7. The fourth-order valence-electron chi connectivity index (χ4n) is 3.13. The number of hydrogen-bond acceptors (Lipinski definition) is 4. The van der Waals surface area contributed by atoms with E-state index >= 15 is 0 Å². The van der Waals surface area contributed by atoms with E-state index < -0.39 is 0 Å². The van der Waals surface area contributed by atoms with E-state index in [1.54, 1.807) is 10.7 Å². The van der Waals surface area contributed by atoms with Crippen LogP contribution in [0.1, 0.15) is 5.56 Å². The van der Waals surface area contributed by atoms with Gasteiger partial charge in [-0.15, -0.1) is 0 Å². The summed E-state index contributed by atoms with van der Waals surface area (Å²) in [5.41, 5.74) is 8.21. The van der Waals surface area contributed by atoms with Gasteiger partial charge >= 0.3 is 0 Å². The van der Waals surface area contributed by atoms with Crippen molar-refractivity contribution in [1.29, 1.82) is 0 Å². The fraction of sp³-hybridized carbons (Fsp3) is 0.111. The monoisotopic (exact) mass is 336 g/mol. The lowest BCUT2D eigenvalue weighted by Gasteiger charge is -2.08. The molecule has 2 aromatic heterocycles. The SMILES string of the molecule is COc1cc(=O)c2c(c1)[nH]c(=O)c1c(N)n(-c3ccccc3C)[nH]c12.